The summed E-state index contributed by atoms with van der Waals surface area (Å²) in [6.45, 7) is 6.81. The van der Waals surface area contributed by atoms with E-state index in [1.54, 1.807) is 7.11 Å². The molecule has 0 aromatic heterocycles. The molecule has 0 fully saturated rings. The summed E-state index contributed by atoms with van der Waals surface area (Å²) in [4.78, 5) is 8.00. The highest BCUT2D eigenvalue weighted by molar-refractivity contribution is 5.14. The van der Waals surface area contributed by atoms with E-state index in [-0.39, 0.29) is 0 Å². The van der Waals surface area contributed by atoms with Crippen LogP contribution in [0.15, 0.2) is 30.3 Å². The first kappa shape index (κ1) is 15.3. The van der Waals surface area contributed by atoms with Gasteiger partial charge in [0.1, 0.15) is 6.79 Å². The maximum Gasteiger partial charge on any atom is 0.106 e. The lowest BCUT2D eigenvalue weighted by Crippen LogP contribution is -1.92. The van der Waals surface area contributed by atoms with Crippen LogP contribution >= 0.6 is 0 Å². The first-order valence-electron chi connectivity index (χ1n) is 4.75. The minimum Gasteiger partial charge on any atom is -0.384 e. The molecule has 0 N–H and O–H groups in total. The standard InChI is InChI=1S/C9H12O.C2H6.CH2O/c1-10-8-7-9-5-3-2-4-6-9;2*1-2/h2-6H,7-8H2,1H3;1-2H3;1H2. The monoisotopic (exact) mass is 196 g/mol. The van der Waals surface area contributed by atoms with Crippen molar-refractivity contribution in [1.82, 2.24) is 0 Å². The highest BCUT2D eigenvalue weighted by Gasteiger charge is 1.87. The molecule has 0 amide bonds. The third-order valence-corrected chi connectivity index (χ3v) is 1.44. The number of benzene rings is 1. The molecule has 0 unspecified atom stereocenters. The van der Waals surface area contributed by atoms with E-state index < -0.39 is 0 Å². The summed E-state index contributed by atoms with van der Waals surface area (Å²) in [5.41, 5.74) is 1.34. The van der Waals surface area contributed by atoms with Gasteiger partial charge in [-0.05, 0) is 12.0 Å². The molecule has 1 aromatic carbocycles. The molecule has 0 radical (unpaired) electrons. The van der Waals surface area contributed by atoms with Crippen LogP contribution in [0.1, 0.15) is 19.4 Å². The van der Waals surface area contributed by atoms with E-state index in [0.717, 1.165) is 13.0 Å². The van der Waals surface area contributed by atoms with Crippen molar-refractivity contribution in [2.24, 2.45) is 0 Å². The van der Waals surface area contributed by atoms with E-state index in [2.05, 4.69) is 12.1 Å². The number of carbonyl (C=O) groups is 1. The van der Waals surface area contributed by atoms with Gasteiger partial charge in [0.2, 0.25) is 0 Å². The quantitative estimate of drug-likeness (QED) is 0.743. The van der Waals surface area contributed by atoms with Crippen LogP contribution in [0.4, 0.5) is 0 Å². The van der Waals surface area contributed by atoms with Gasteiger partial charge in [0, 0.05) is 7.11 Å². The third-order valence-electron chi connectivity index (χ3n) is 1.44. The van der Waals surface area contributed by atoms with Gasteiger partial charge < -0.3 is 9.53 Å². The van der Waals surface area contributed by atoms with E-state index in [0.29, 0.717) is 0 Å². The van der Waals surface area contributed by atoms with Crippen molar-refractivity contribution in [3.8, 4) is 0 Å². The van der Waals surface area contributed by atoms with Crippen LogP contribution in [-0.2, 0) is 16.0 Å². The molecule has 2 heteroatoms. The van der Waals surface area contributed by atoms with Crippen molar-refractivity contribution in [3.05, 3.63) is 35.9 Å². The Balaban J connectivity index is 0. The topological polar surface area (TPSA) is 26.3 Å². The van der Waals surface area contributed by atoms with Crippen LogP contribution in [0.25, 0.3) is 0 Å². The average Bonchev–Trinajstić information content (AvgIpc) is 2.33. The van der Waals surface area contributed by atoms with Gasteiger partial charge in [0.25, 0.3) is 0 Å². The van der Waals surface area contributed by atoms with Crippen molar-refractivity contribution in [2.75, 3.05) is 13.7 Å². The number of carbonyl (C=O) groups excluding carboxylic acids is 1. The Kier molecular flexibility index (Phi) is 15.7. The van der Waals surface area contributed by atoms with Gasteiger partial charge in [0.05, 0.1) is 6.61 Å². The molecular formula is C12H20O2. The summed E-state index contributed by atoms with van der Waals surface area (Å²) >= 11 is 0. The predicted octanol–water partition coefficient (Wildman–Crippen LogP) is 2.72. The van der Waals surface area contributed by atoms with Crippen LogP contribution in [0.2, 0.25) is 0 Å². The molecule has 0 saturated heterocycles. The Morgan fingerprint density at radius 2 is 1.64 bits per heavy atom. The summed E-state index contributed by atoms with van der Waals surface area (Å²) < 4.78 is 4.95. The zero-order valence-electron chi connectivity index (χ0n) is 9.32. The fourth-order valence-electron chi connectivity index (χ4n) is 0.865. The molecule has 1 rings (SSSR count). The molecule has 14 heavy (non-hydrogen) atoms. The van der Waals surface area contributed by atoms with Crippen molar-refractivity contribution >= 4 is 6.79 Å². The Bertz CT molecular complexity index is 185. The molecule has 0 heterocycles. The number of hydrogen-bond donors (Lipinski definition) is 0. The zero-order chi connectivity index (χ0) is 11.2. The van der Waals surface area contributed by atoms with E-state index in [1.807, 2.05) is 38.8 Å². The molecule has 0 spiro atoms. The highest BCUT2D eigenvalue weighted by Crippen LogP contribution is 1.98. The SMILES string of the molecule is C=O.CC.COCCc1ccccc1. The normalized spacial score (nSPS) is 7.64. The molecule has 0 bridgehead atoms. The smallest absolute Gasteiger partial charge is 0.106 e. The number of methoxy groups -OCH3 is 1. The second kappa shape index (κ2) is 14.4. The largest absolute Gasteiger partial charge is 0.384 e. The van der Waals surface area contributed by atoms with E-state index in [1.165, 1.54) is 5.56 Å². The predicted molar refractivity (Wildman–Crippen MR) is 60.5 cm³/mol. The van der Waals surface area contributed by atoms with E-state index in [9.17, 15) is 0 Å². The van der Waals surface area contributed by atoms with Crippen molar-refractivity contribution in [3.63, 3.8) is 0 Å². The lowest BCUT2D eigenvalue weighted by Gasteiger charge is -1.97. The van der Waals surface area contributed by atoms with Crippen LogP contribution in [0.3, 0.4) is 0 Å². The van der Waals surface area contributed by atoms with Gasteiger partial charge >= 0.3 is 0 Å². The zero-order valence-corrected chi connectivity index (χ0v) is 9.32. The molecule has 0 saturated carbocycles. The fourth-order valence-corrected chi connectivity index (χ4v) is 0.865. The Hall–Kier alpha value is -1.15. The summed E-state index contributed by atoms with van der Waals surface area (Å²) in [5, 5.41) is 0. The van der Waals surface area contributed by atoms with Gasteiger partial charge in [-0.1, -0.05) is 44.2 Å². The molecule has 1 aromatic rings. The molecular weight excluding hydrogens is 176 g/mol. The fraction of sp³-hybridized carbons (Fsp3) is 0.417. The van der Waals surface area contributed by atoms with Crippen molar-refractivity contribution < 1.29 is 9.53 Å². The van der Waals surface area contributed by atoms with Gasteiger partial charge in [0.15, 0.2) is 0 Å². The second-order valence-corrected chi connectivity index (χ2v) is 2.23. The summed E-state index contributed by atoms with van der Waals surface area (Å²) in [6, 6.07) is 10.3. The average molecular weight is 196 g/mol. The van der Waals surface area contributed by atoms with Gasteiger partial charge in [-0.2, -0.15) is 0 Å². The lowest BCUT2D eigenvalue weighted by molar-refractivity contribution is -0.0979. The molecule has 0 aliphatic rings. The minimum atomic E-state index is 0.810. The van der Waals surface area contributed by atoms with E-state index >= 15 is 0 Å². The van der Waals surface area contributed by atoms with Crippen molar-refractivity contribution in [1.29, 1.82) is 0 Å². The van der Waals surface area contributed by atoms with Gasteiger partial charge in [-0.25, -0.2) is 0 Å². The molecule has 2 nitrogen and oxygen atoms in total. The lowest BCUT2D eigenvalue weighted by atomic mass is 10.2. The van der Waals surface area contributed by atoms with Crippen molar-refractivity contribution in [2.45, 2.75) is 20.3 Å². The third kappa shape index (κ3) is 8.94. The van der Waals surface area contributed by atoms with E-state index in [4.69, 9.17) is 9.53 Å². The molecule has 0 aliphatic carbocycles. The number of hydrogen-bond acceptors (Lipinski definition) is 2. The molecule has 80 valence electrons. The van der Waals surface area contributed by atoms with Gasteiger partial charge in [-0.15, -0.1) is 0 Å². The first-order chi connectivity index (χ1) is 6.93. The van der Waals surface area contributed by atoms with Crippen LogP contribution in [0, 0.1) is 0 Å². The Morgan fingerprint density at radius 1 is 1.14 bits per heavy atom. The van der Waals surface area contributed by atoms with Crippen LogP contribution in [0.5, 0.6) is 0 Å². The Labute approximate surface area is 86.9 Å². The summed E-state index contributed by atoms with van der Waals surface area (Å²) in [6.07, 6.45) is 1.01. The summed E-state index contributed by atoms with van der Waals surface area (Å²) in [7, 11) is 1.73. The number of rotatable bonds is 3. The molecule has 0 atom stereocenters. The second-order valence-electron chi connectivity index (χ2n) is 2.23. The van der Waals surface area contributed by atoms with Crippen LogP contribution in [-0.4, -0.2) is 20.5 Å². The maximum absolute atomic E-state index is 8.00. The van der Waals surface area contributed by atoms with Gasteiger partial charge in [-0.3, -0.25) is 0 Å². The van der Waals surface area contributed by atoms with Crippen LogP contribution < -0.4 is 0 Å². The number of ether oxygens (including phenoxy) is 1. The maximum atomic E-state index is 8.00. The first-order valence-corrected chi connectivity index (χ1v) is 4.75. The summed E-state index contributed by atoms with van der Waals surface area (Å²) in [5.74, 6) is 0. The highest BCUT2D eigenvalue weighted by atomic mass is 16.5. The molecule has 0 aliphatic heterocycles. The minimum absolute atomic E-state index is 0.810. The Morgan fingerprint density at radius 3 is 2.07 bits per heavy atom.